The zero-order chi connectivity index (χ0) is 25.5. The van der Waals surface area contributed by atoms with Gasteiger partial charge in [0.1, 0.15) is 0 Å². The molecule has 6 aromatic rings. The van der Waals surface area contributed by atoms with E-state index in [9.17, 15) is 0 Å². The van der Waals surface area contributed by atoms with Gasteiger partial charge in [-0.1, -0.05) is 116 Å². The topological polar surface area (TPSA) is 30.7 Å². The fourth-order valence-electron chi connectivity index (χ4n) is 5.48. The molecule has 0 N–H and O–H groups in total. The molecule has 3 nitrogen and oxygen atoms in total. The van der Waals surface area contributed by atoms with Crippen LogP contribution in [0.25, 0.3) is 56.6 Å². The van der Waals surface area contributed by atoms with Gasteiger partial charge < -0.3 is 0 Å². The normalized spacial score (nSPS) is 14.5. The Morgan fingerprint density at radius 3 is 1.82 bits per heavy atom. The first-order valence-corrected chi connectivity index (χ1v) is 13.2. The van der Waals surface area contributed by atoms with Crippen LogP contribution in [0.1, 0.15) is 18.2 Å². The van der Waals surface area contributed by atoms with Crippen molar-refractivity contribution in [2.45, 2.75) is 13.3 Å². The smallest absolute Gasteiger partial charge is 0.235 e. The second kappa shape index (κ2) is 9.28. The number of benzene rings is 4. The lowest BCUT2D eigenvalue weighted by atomic mass is 9.94. The lowest BCUT2D eigenvalue weighted by Crippen LogP contribution is -2.11. The molecule has 2 aromatic heterocycles. The van der Waals surface area contributed by atoms with Gasteiger partial charge in [-0.3, -0.25) is 4.57 Å². The molecule has 182 valence electrons. The number of rotatable bonds is 4. The van der Waals surface area contributed by atoms with E-state index in [1.807, 2.05) is 12.1 Å². The Balaban J connectivity index is 1.50. The highest BCUT2D eigenvalue weighted by atomic mass is 15.2. The molecule has 0 amide bonds. The fraction of sp³-hybridized carbons (Fsp3) is 0.0857. The third-order valence-electron chi connectivity index (χ3n) is 7.38. The summed E-state index contributed by atoms with van der Waals surface area (Å²) in [6, 6.07) is 40.2. The molecule has 0 bridgehead atoms. The quantitative estimate of drug-likeness (QED) is 0.248. The second-order valence-electron chi connectivity index (χ2n) is 10.0. The van der Waals surface area contributed by atoms with Crippen molar-refractivity contribution in [1.82, 2.24) is 14.5 Å². The third kappa shape index (κ3) is 3.93. The number of aromatic nitrogens is 3. The third-order valence-corrected chi connectivity index (χ3v) is 7.38. The molecule has 0 saturated heterocycles. The predicted molar refractivity (Wildman–Crippen MR) is 157 cm³/mol. The van der Waals surface area contributed by atoms with Gasteiger partial charge in [-0.15, -0.1) is 0 Å². The monoisotopic (exact) mass is 489 g/mol. The van der Waals surface area contributed by atoms with Crippen LogP contribution in [0.4, 0.5) is 0 Å². The molecule has 1 aliphatic rings. The van der Waals surface area contributed by atoms with Crippen molar-refractivity contribution in [1.29, 1.82) is 0 Å². The summed E-state index contributed by atoms with van der Waals surface area (Å²) in [5.74, 6) is 1.16. The van der Waals surface area contributed by atoms with E-state index in [0.717, 1.165) is 34.5 Å². The largest absolute Gasteiger partial charge is 0.282 e. The van der Waals surface area contributed by atoms with E-state index in [0.29, 0.717) is 11.9 Å². The number of hydrogen-bond acceptors (Lipinski definition) is 2. The molecular formula is C35H27N3. The molecule has 1 unspecified atom stereocenters. The highest BCUT2D eigenvalue weighted by Crippen LogP contribution is 2.37. The van der Waals surface area contributed by atoms with Gasteiger partial charge in [-0.25, -0.2) is 9.97 Å². The maximum Gasteiger partial charge on any atom is 0.235 e. The molecule has 0 radical (unpaired) electrons. The highest BCUT2D eigenvalue weighted by molar-refractivity contribution is 5.96. The summed E-state index contributed by atoms with van der Waals surface area (Å²) in [5, 5.41) is 1.24. The SMILES string of the molecule is CC1C=Cc2c(n(-c3nc(-c4ccccc4)cc(-c4ccccc4)n3)c3ccc(-c4ccccc4)cc23)C1. The molecule has 1 aliphatic carbocycles. The van der Waals surface area contributed by atoms with E-state index >= 15 is 0 Å². The van der Waals surface area contributed by atoms with Gasteiger partial charge >= 0.3 is 0 Å². The molecule has 7 rings (SSSR count). The summed E-state index contributed by atoms with van der Waals surface area (Å²) >= 11 is 0. The van der Waals surface area contributed by atoms with Crippen LogP contribution in [-0.4, -0.2) is 14.5 Å². The zero-order valence-corrected chi connectivity index (χ0v) is 21.3. The van der Waals surface area contributed by atoms with Crippen LogP contribution < -0.4 is 0 Å². The summed E-state index contributed by atoms with van der Waals surface area (Å²) in [6.45, 7) is 2.27. The van der Waals surface area contributed by atoms with E-state index in [1.54, 1.807) is 0 Å². The van der Waals surface area contributed by atoms with E-state index < -0.39 is 0 Å². The molecule has 1 atom stereocenters. The van der Waals surface area contributed by atoms with Crippen LogP contribution in [0, 0.1) is 5.92 Å². The number of fused-ring (bicyclic) bond motifs is 3. The zero-order valence-electron chi connectivity index (χ0n) is 21.3. The second-order valence-corrected chi connectivity index (χ2v) is 10.0. The Hall–Kier alpha value is -4.76. The predicted octanol–water partition coefficient (Wildman–Crippen LogP) is 8.63. The highest BCUT2D eigenvalue weighted by Gasteiger charge is 2.23. The molecule has 0 spiro atoms. The summed E-state index contributed by atoms with van der Waals surface area (Å²) in [7, 11) is 0. The molecule has 0 aliphatic heterocycles. The molecule has 0 saturated carbocycles. The minimum atomic E-state index is 0.449. The maximum atomic E-state index is 5.16. The van der Waals surface area contributed by atoms with Gasteiger partial charge in [0.2, 0.25) is 5.95 Å². The number of nitrogens with zero attached hydrogens (tertiary/aromatic N) is 3. The van der Waals surface area contributed by atoms with Crippen LogP contribution in [0.5, 0.6) is 0 Å². The summed E-state index contributed by atoms with van der Waals surface area (Å²) in [5.41, 5.74) is 10.1. The Kier molecular flexibility index (Phi) is 5.48. The van der Waals surface area contributed by atoms with E-state index in [-0.39, 0.29) is 0 Å². The Labute approximate surface area is 222 Å². The molecule has 3 heteroatoms. The Morgan fingerprint density at radius 2 is 1.21 bits per heavy atom. The van der Waals surface area contributed by atoms with Crippen LogP contribution in [-0.2, 0) is 6.42 Å². The van der Waals surface area contributed by atoms with Gasteiger partial charge in [0, 0.05) is 27.8 Å². The average molecular weight is 490 g/mol. The van der Waals surface area contributed by atoms with E-state index in [2.05, 4.69) is 127 Å². The number of hydrogen-bond donors (Lipinski definition) is 0. The van der Waals surface area contributed by atoms with Gasteiger partial charge in [0.15, 0.2) is 0 Å². The summed E-state index contributed by atoms with van der Waals surface area (Å²) in [4.78, 5) is 10.3. The molecule has 0 fully saturated rings. The van der Waals surface area contributed by atoms with Crippen LogP contribution in [0.2, 0.25) is 0 Å². The molecule has 2 heterocycles. The van der Waals surface area contributed by atoms with Crippen molar-refractivity contribution < 1.29 is 0 Å². The molecular weight excluding hydrogens is 462 g/mol. The molecule has 38 heavy (non-hydrogen) atoms. The fourth-order valence-corrected chi connectivity index (χ4v) is 5.48. The first kappa shape index (κ1) is 22.4. The van der Waals surface area contributed by atoms with Crippen molar-refractivity contribution >= 4 is 17.0 Å². The first-order valence-electron chi connectivity index (χ1n) is 13.2. The lowest BCUT2D eigenvalue weighted by molar-refractivity contribution is 0.684. The average Bonchev–Trinajstić information content (AvgIpc) is 3.31. The number of allylic oxidation sites excluding steroid dienone is 1. The van der Waals surface area contributed by atoms with Crippen molar-refractivity contribution in [3.05, 3.63) is 133 Å². The van der Waals surface area contributed by atoms with Gasteiger partial charge in [-0.05, 0) is 41.7 Å². The van der Waals surface area contributed by atoms with E-state index in [1.165, 1.54) is 27.8 Å². The standard InChI is InChI=1S/C35H27N3/c1-24-17-19-29-30-22-28(25-11-5-2-6-12-25)18-20-33(30)38(34(29)21-24)35-36-31(26-13-7-3-8-14-26)23-32(37-35)27-15-9-4-10-16-27/h2-20,22-24H,21H2,1H3. The van der Waals surface area contributed by atoms with Gasteiger partial charge in [-0.2, -0.15) is 0 Å². The Morgan fingerprint density at radius 1 is 0.632 bits per heavy atom. The van der Waals surface area contributed by atoms with Crippen molar-refractivity contribution in [3.63, 3.8) is 0 Å². The summed E-state index contributed by atoms with van der Waals surface area (Å²) in [6.07, 6.45) is 5.55. The summed E-state index contributed by atoms with van der Waals surface area (Å²) < 4.78 is 2.29. The minimum absolute atomic E-state index is 0.449. The van der Waals surface area contributed by atoms with Gasteiger partial charge in [0.05, 0.1) is 16.9 Å². The van der Waals surface area contributed by atoms with Crippen molar-refractivity contribution in [2.75, 3.05) is 0 Å². The van der Waals surface area contributed by atoms with Crippen molar-refractivity contribution in [3.8, 4) is 39.6 Å². The minimum Gasteiger partial charge on any atom is -0.282 e. The molecule has 4 aromatic carbocycles. The first-order chi connectivity index (χ1) is 18.7. The Bertz CT molecular complexity index is 1720. The van der Waals surface area contributed by atoms with Crippen LogP contribution >= 0.6 is 0 Å². The van der Waals surface area contributed by atoms with Gasteiger partial charge in [0.25, 0.3) is 0 Å². The van der Waals surface area contributed by atoms with Crippen LogP contribution in [0.3, 0.4) is 0 Å². The maximum absolute atomic E-state index is 5.16. The van der Waals surface area contributed by atoms with Crippen molar-refractivity contribution in [2.24, 2.45) is 5.92 Å². The van der Waals surface area contributed by atoms with E-state index in [4.69, 9.17) is 9.97 Å². The van der Waals surface area contributed by atoms with Crippen LogP contribution in [0.15, 0.2) is 121 Å². The lowest BCUT2D eigenvalue weighted by Gasteiger charge is -2.17.